The van der Waals surface area contributed by atoms with Gasteiger partial charge in [0.2, 0.25) is 5.91 Å². The zero-order valence-corrected chi connectivity index (χ0v) is 14.0. The maximum absolute atomic E-state index is 12.0. The first-order valence-corrected chi connectivity index (χ1v) is 8.61. The lowest BCUT2D eigenvalue weighted by Crippen LogP contribution is -2.27. The molecule has 0 saturated heterocycles. The minimum Gasteiger partial charge on any atom is -0.465 e. The monoisotopic (exact) mass is 335 g/mol. The number of rotatable bonds is 6. The fourth-order valence-corrected chi connectivity index (χ4v) is 3.49. The number of esters is 1. The second kappa shape index (κ2) is 8.00. The zero-order chi connectivity index (χ0) is 15.9. The minimum atomic E-state index is -0.393. The van der Waals surface area contributed by atoms with Crippen LogP contribution >= 0.6 is 23.1 Å². The van der Waals surface area contributed by atoms with Gasteiger partial charge in [-0.15, -0.1) is 23.1 Å². The lowest BCUT2D eigenvalue weighted by atomic mass is 10.2. The number of hydrogen-bond acceptors (Lipinski definition) is 5. The van der Waals surface area contributed by atoms with Gasteiger partial charge in [-0.05, 0) is 30.5 Å². The largest absolute Gasteiger partial charge is 0.465 e. The van der Waals surface area contributed by atoms with E-state index in [0.29, 0.717) is 5.56 Å². The molecule has 2 aromatic rings. The molecule has 1 unspecified atom stereocenters. The third-order valence-corrected chi connectivity index (χ3v) is 5.13. The molecule has 2 rings (SSSR count). The molecule has 0 radical (unpaired) electrons. The van der Waals surface area contributed by atoms with E-state index in [1.165, 1.54) is 18.9 Å². The van der Waals surface area contributed by atoms with E-state index in [1.807, 2.05) is 36.6 Å². The van der Waals surface area contributed by atoms with Crippen LogP contribution in [0.5, 0.6) is 0 Å². The molecule has 0 aliphatic carbocycles. The molecule has 1 amide bonds. The molecular formula is C16H17NO3S2. The highest BCUT2D eigenvalue weighted by molar-refractivity contribution is 8.00. The van der Waals surface area contributed by atoms with Crippen molar-refractivity contribution in [3.63, 3.8) is 0 Å². The molecule has 22 heavy (non-hydrogen) atoms. The van der Waals surface area contributed by atoms with Crippen molar-refractivity contribution in [3.8, 4) is 0 Å². The van der Waals surface area contributed by atoms with Gasteiger partial charge in [0.1, 0.15) is 0 Å². The molecule has 1 aromatic carbocycles. The summed E-state index contributed by atoms with van der Waals surface area (Å²) in [5.74, 6) is -0.204. The highest BCUT2D eigenvalue weighted by Crippen LogP contribution is 2.24. The average Bonchev–Trinajstić information content (AvgIpc) is 3.07. The van der Waals surface area contributed by atoms with Gasteiger partial charge in [0.25, 0.3) is 0 Å². The SMILES string of the molecule is COC(=O)c1ccccc1SCC(=O)NC(C)c1cccs1. The first-order valence-electron chi connectivity index (χ1n) is 6.74. The van der Waals surface area contributed by atoms with Crippen molar-refractivity contribution in [3.05, 3.63) is 52.2 Å². The van der Waals surface area contributed by atoms with Gasteiger partial charge in [-0.3, -0.25) is 4.79 Å². The summed E-state index contributed by atoms with van der Waals surface area (Å²) in [6.07, 6.45) is 0. The number of thiophene rings is 1. The van der Waals surface area contributed by atoms with E-state index in [2.05, 4.69) is 5.32 Å². The topological polar surface area (TPSA) is 55.4 Å². The lowest BCUT2D eigenvalue weighted by Gasteiger charge is -2.12. The van der Waals surface area contributed by atoms with Gasteiger partial charge in [-0.2, -0.15) is 0 Å². The van der Waals surface area contributed by atoms with Gasteiger partial charge in [0.15, 0.2) is 0 Å². The van der Waals surface area contributed by atoms with E-state index in [9.17, 15) is 9.59 Å². The Morgan fingerprint density at radius 2 is 2.05 bits per heavy atom. The second-order valence-electron chi connectivity index (χ2n) is 4.58. The predicted octanol–water partition coefficient (Wildman–Crippen LogP) is 3.50. The Morgan fingerprint density at radius 3 is 2.73 bits per heavy atom. The molecule has 0 spiro atoms. The average molecular weight is 335 g/mol. The van der Waals surface area contributed by atoms with Crippen LogP contribution in [-0.4, -0.2) is 24.7 Å². The first kappa shape index (κ1) is 16.6. The van der Waals surface area contributed by atoms with Crippen LogP contribution in [0.25, 0.3) is 0 Å². The molecule has 1 aromatic heterocycles. The molecule has 6 heteroatoms. The third kappa shape index (κ3) is 4.35. The molecule has 0 aliphatic heterocycles. The molecular weight excluding hydrogens is 318 g/mol. The van der Waals surface area contributed by atoms with Crippen molar-refractivity contribution in [2.45, 2.75) is 17.9 Å². The van der Waals surface area contributed by atoms with E-state index < -0.39 is 5.97 Å². The molecule has 1 atom stereocenters. The van der Waals surface area contributed by atoms with Crippen molar-refractivity contribution in [1.29, 1.82) is 0 Å². The molecule has 0 bridgehead atoms. The second-order valence-corrected chi connectivity index (χ2v) is 6.58. The number of carbonyl (C=O) groups excluding carboxylic acids is 2. The number of ether oxygens (including phenoxy) is 1. The maximum Gasteiger partial charge on any atom is 0.338 e. The third-order valence-electron chi connectivity index (χ3n) is 3.00. The van der Waals surface area contributed by atoms with Gasteiger partial charge < -0.3 is 10.1 Å². The number of thioether (sulfide) groups is 1. The Labute approximate surface area is 137 Å². The van der Waals surface area contributed by atoms with Crippen molar-refractivity contribution < 1.29 is 14.3 Å². The van der Waals surface area contributed by atoms with Crippen molar-refractivity contribution in [2.75, 3.05) is 12.9 Å². The molecule has 0 saturated carbocycles. The summed E-state index contributed by atoms with van der Waals surface area (Å²) >= 11 is 2.94. The van der Waals surface area contributed by atoms with Gasteiger partial charge in [-0.25, -0.2) is 4.79 Å². The van der Waals surface area contributed by atoms with Crippen LogP contribution < -0.4 is 5.32 Å². The summed E-state index contributed by atoms with van der Waals surface area (Å²) in [5.41, 5.74) is 0.481. The minimum absolute atomic E-state index is 0.0102. The number of methoxy groups -OCH3 is 1. The Balaban J connectivity index is 1.93. The lowest BCUT2D eigenvalue weighted by molar-refractivity contribution is -0.119. The van der Waals surface area contributed by atoms with Crippen LogP contribution in [0.3, 0.4) is 0 Å². The van der Waals surface area contributed by atoms with Gasteiger partial charge >= 0.3 is 5.97 Å². The highest BCUT2D eigenvalue weighted by Gasteiger charge is 2.14. The van der Waals surface area contributed by atoms with Gasteiger partial charge in [0.05, 0.1) is 24.5 Å². The Kier molecular flexibility index (Phi) is 6.03. The number of amides is 1. The molecule has 4 nitrogen and oxygen atoms in total. The predicted molar refractivity (Wildman–Crippen MR) is 89.4 cm³/mol. The Morgan fingerprint density at radius 1 is 1.27 bits per heavy atom. The maximum atomic E-state index is 12.0. The molecule has 1 N–H and O–H groups in total. The number of nitrogens with one attached hydrogen (secondary N) is 1. The quantitative estimate of drug-likeness (QED) is 0.648. The van der Waals surface area contributed by atoms with Crippen molar-refractivity contribution in [1.82, 2.24) is 5.32 Å². The van der Waals surface area contributed by atoms with Crippen LogP contribution in [0.2, 0.25) is 0 Å². The fourth-order valence-electron chi connectivity index (χ4n) is 1.91. The first-order chi connectivity index (χ1) is 10.6. The van der Waals surface area contributed by atoms with Crippen LogP contribution in [-0.2, 0) is 9.53 Å². The highest BCUT2D eigenvalue weighted by atomic mass is 32.2. The summed E-state index contributed by atoms with van der Waals surface area (Å²) in [4.78, 5) is 25.6. The molecule has 116 valence electrons. The summed E-state index contributed by atoms with van der Waals surface area (Å²) in [7, 11) is 1.35. The molecule has 0 aliphatic rings. The number of carbonyl (C=O) groups is 2. The number of hydrogen-bond donors (Lipinski definition) is 1. The number of benzene rings is 1. The smallest absolute Gasteiger partial charge is 0.338 e. The normalized spacial score (nSPS) is 11.7. The van der Waals surface area contributed by atoms with Crippen molar-refractivity contribution >= 4 is 35.0 Å². The fraction of sp³-hybridized carbons (Fsp3) is 0.250. The van der Waals surface area contributed by atoms with Crippen LogP contribution in [0.15, 0.2) is 46.7 Å². The van der Waals surface area contributed by atoms with Gasteiger partial charge in [0, 0.05) is 9.77 Å². The van der Waals surface area contributed by atoms with E-state index in [-0.39, 0.29) is 17.7 Å². The van der Waals surface area contributed by atoms with E-state index in [1.54, 1.807) is 23.5 Å². The summed E-state index contributed by atoms with van der Waals surface area (Å²) < 4.78 is 4.75. The Bertz CT molecular complexity index is 641. The summed E-state index contributed by atoms with van der Waals surface area (Å²) in [6.45, 7) is 1.96. The van der Waals surface area contributed by atoms with Crippen molar-refractivity contribution in [2.24, 2.45) is 0 Å². The summed E-state index contributed by atoms with van der Waals surface area (Å²) in [5, 5.41) is 4.94. The van der Waals surface area contributed by atoms with E-state index in [0.717, 1.165) is 9.77 Å². The zero-order valence-electron chi connectivity index (χ0n) is 12.4. The van der Waals surface area contributed by atoms with E-state index >= 15 is 0 Å². The molecule has 0 fully saturated rings. The van der Waals surface area contributed by atoms with Gasteiger partial charge in [-0.1, -0.05) is 18.2 Å². The van der Waals surface area contributed by atoms with Crippen LogP contribution in [0.4, 0.5) is 0 Å². The van der Waals surface area contributed by atoms with E-state index in [4.69, 9.17) is 4.74 Å². The van der Waals surface area contributed by atoms with Crippen LogP contribution in [0.1, 0.15) is 28.2 Å². The Hall–Kier alpha value is -1.79. The summed E-state index contributed by atoms with van der Waals surface area (Å²) in [6, 6.07) is 11.1. The van der Waals surface area contributed by atoms with Crippen LogP contribution in [0, 0.1) is 0 Å². The standard InChI is InChI=1S/C16H17NO3S2/c1-11(13-8-5-9-21-13)17-15(18)10-22-14-7-4-3-6-12(14)16(19)20-2/h3-9,11H,10H2,1-2H3,(H,17,18). The molecule has 1 heterocycles.